The first-order valence-corrected chi connectivity index (χ1v) is 7.00. The van der Waals surface area contributed by atoms with E-state index in [1.807, 2.05) is 24.5 Å². The first-order chi connectivity index (χ1) is 9.42. The van der Waals surface area contributed by atoms with E-state index in [1.54, 1.807) is 11.3 Å². The Morgan fingerprint density at radius 1 is 1.21 bits per heavy atom. The van der Waals surface area contributed by atoms with Crippen LogP contribution >= 0.6 is 11.3 Å². The summed E-state index contributed by atoms with van der Waals surface area (Å²) in [4.78, 5) is 4.20. The maximum atomic E-state index is 6.02. The van der Waals surface area contributed by atoms with Crippen LogP contribution in [-0.2, 0) is 6.54 Å². The summed E-state index contributed by atoms with van der Waals surface area (Å²) in [5.74, 6) is 0. The number of thiazole rings is 1. The normalized spacial score (nSPS) is 13.1. The van der Waals surface area contributed by atoms with Gasteiger partial charge in [0, 0.05) is 17.8 Å². The number of para-hydroxylation sites is 1. The number of hydrogen-bond acceptors (Lipinski definition) is 3. The molecule has 0 unspecified atom stereocenters. The van der Waals surface area contributed by atoms with E-state index in [1.165, 1.54) is 26.2 Å². The smallest absolute Gasteiger partial charge is 0.393 e. The van der Waals surface area contributed by atoms with Crippen molar-refractivity contribution < 1.29 is 8.98 Å². The van der Waals surface area contributed by atoms with Crippen LogP contribution in [0.3, 0.4) is 0 Å². The van der Waals surface area contributed by atoms with E-state index < -0.39 is 0 Å². The molecule has 3 nitrogen and oxygen atoms in total. The second-order valence-electron chi connectivity index (χ2n) is 4.76. The molecule has 0 aliphatic carbocycles. The number of pyridine rings is 1. The summed E-state index contributed by atoms with van der Waals surface area (Å²) in [6.45, 7) is 0.859. The monoisotopic (exact) mass is 265 g/mol. The number of fused-ring (bicyclic) bond motifs is 7. The van der Waals surface area contributed by atoms with Crippen LogP contribution in [0.15, 0.2) is 47.1 Å². The minimum Gasteiger partial charge on any atom is -0.403 e. The largest absolute Gasteiger partial charge is 0.403 e. The van der Waals surface area contributed by atoms with Gasteiger partial charge in [0.05, 0.1) is 11.1 Å². The number of hydrogen-bond donors (Lipinski definition) is 0. The molecule has 0 spiro atoms. The average molecular weight is 265 g/mol. The van der Waals surface area contributed by atoms with E-state index in [9.17, 15) is 0 Å². The molecule has 0 bridgehead atoms. The fraction of sp³-hybridized carbons (Fsp3) is 0.0667. The quantitative estimate of drug-likeness (QED) is 0.402. The molecule has 3 aromatic heterocycles. The van der Waals surface area contributed by atoms with Crippen LogP contribution in [0.2, 0.25) is 0 Å². The van der Waals surface area contributed by atoms with Gasteiger partial charge in [0.25, 0.3) is 5.01 Å². The van der Waals surface area contributed by atoms with Gasteiger partial charge in [0.15, 0.2) is 11.2 Å². The van der Waals surface area contributed by atoms with E-state index in [-0.39, 0.29) is 0 Å². The molecule has 0 amide bonds. The third-order valence-electron chi connectivity index (χ3n) is 3.68. The Hall–Kier alpha value is -2.20. The van der Waals surface area contributed by atoms with Crippen LogP contribution in [0.5, 0.6) is 0 Å². The minimum absolute atomic E-state index is 0.859. The Labute approximate surface area is 112 Å². The van der Waals surface area contributed by atoms with Crippen molar-refractivity contribution in [3.8, 4) is 10.6 Å². The van der Waals surface area contributed by atoms with Gasteiger partial charge in [-0.15, -0.1) is 4.57 Å². The van der Waals surface area contributed by atoms with Gasteiger partial charge in [-0.2, -0.15) is 0 Å². The van der Waals surface area contributed by atoms with Crippen LogP contribution in [0, 0.1) is 0 Å². The third kappa shape index (κ3) is 1.12. The zero-order valence-electron chi connectivity index (χ0n) is 9.96. The van der Waals surface area contributed by atoms with Crippen molar-refractivity contribution >= 4 is 32.7 Å². The van der Waals surface area contributed by atoms with Crippen LogP contribution in [-0.4, -0.2) is 4.98 Å². The summed E-state index contributed by atoms with van der Waals surface area (Å²) >= 11 is 1.81. The van der Waals surface area contributed by atoms with Crippen molar-refractivity contribution in [2.75, 3.05) is 0 Å². The molecule has 0 saturated carbocycles. The van der Waals surface area contributed by atoms with Crippen LogP contribution in [0.25, 0.3) is 32.0 Å². The summed E-state index contributed by atoms with van der Waals surface area (Å²) < 4.78 is 9.52. The molecule has 4 aromatic rings. The molecule has 19 heavy (non-hydrogen) atoms. The fourth-order valence-corrected chi connectivity index (χ4v) is 4.08. The Kier molecular flexibility index (Phi) is 1.64. The topological polar surface area (TPSA) is 29.9 Å². The lowest BCUT2D eigenvalue weighted by Crippen LogP contribution is -2.29. The Balaban J connectivity index is 1.93. The van der Waals surface area contributed by atoms with Gasteiger partial charge in [-0.25, -0.2) is 0 Å². The van der Waals surface area contributed by atoms with E-state index >= 15 is 0 Å². The molecule has 0 atom stereocenters. The van der Waals surface area contributed by atoms with Gasteiger partial charge in [-0.1, -0.05) is 23.5 Å². The van der Waals surface area contributed by atoms with Gasteiger partial charge in [0.1, 0.15) is 5.58 Å². The molecule has 5 rings (SSSR count). The molecule has 1 aliphatic rings. The standard InChI is InChI=1S/C15H9N2OS/c1-2-4-12-11(3-1)13-14(18-12)17-8-9-7-16-6-5-10(9)15(17)19-13/h1-7H,8H2/q+1. The van der Waals surface area contributed by atoms with Crippen LogP contribution < -0.4 is 4.57 Å². The molecule has 0 fully saturated rings. The lowest BCUT2D eigenvalue weighted by molar-refractivity contribution is -0.648. The fourth-order valence-electron chi connectivity index (χ4n) is 2.81. The van der Waals surface area contributed by atoms with Crippen molar-refractivity contribution in [3.63, 3.8) is 0 Å². The summed E-state index contributed by atoms with van der Waals surface area (Å²) in [5, 5.41) is 2.48. The molecular weight excluding hydrogens is 256 g/mol. The van der Waals surface area contributed by atoms with Crippen molar-refractivity contribution in [2.45, 2.75) is 6.54 Å². The number of rotatable bonds is 0. The summed E-state index contributed by atoms with van der Waals surface area (Å²) in [6, 6.07) is 10.3. The molecule has 0 saturated heterocycles. The second-order valence-corrected chi connectivity index (χ2v) is 5.76. The van der Waals surface area contributed by atoms with Gasteiger partial charge in [-0.3, -0.25) is 4.98 Å². The highest BCUT2D eigenvalue weighted by Crippen LogP contribution is 2.39. The first kappa shape index (κ1) is 9.69. The molecule has 0 N–H and O–H groups in total. The lowest BCUT2D eigenvalue weighted by atomic mass is 10.2. The number of furan rings is 1. The number of aromatic nitrogens is 2. The summed E-state index contributed by atoms with van der Waals surface area (Å²) in [7, 11) is 0. The molecular formula is C15H9N2OS+. The van der Waals surface area contributed by atoms with Crippen molar-refractivity contribution in [3.05, 3.63) is 48.3 Å². The Bertz CT molecular complexity index is 951. The zero-order chi connectivity index (χ0) is 12.4. The molecule has 4 heteroatoms. The zero-order valence-corrected chi connectivity index (χ0v) is 10.8. The summed E-state index contributed by atoms with van der Waals surface area (Å²) in [6.07, 6.45) is 3.80. The van der Waals surface area contributed by atoms with Gasteiger partial charge < -0.3 is 4.42 Å². The molecule has 1 aliphatic heterocycles. The van der Waals surface area contributed by atoms with E-state index in [0.717, 1.165) is 17.8 Å². The highest BCUT2D eigenvalue weighted by Gasteiger charge is 2.34. The van der Waals surface area contributed by atoms with Crippen molar-refractivity contribution in [2.24, 2.45) is 0 Å². The SMILES string of the molecule is c1ccc2c(c1)oc1c2sc2[n+]1Cc1cnccc1-2. The molecule has 90 valence electrons. The maximum absolute atomic E-state index is 6.02. The highest BCUT2D eigenvalue weighted by atomic mass is 32.1. The van der Waals surface area contributed by atoms with Crippen LogP contribution in [0.1, 0.15) is 5.56 Å². The molecule has 1 aromatic carbocycles. The van der Waals surface area contributed by atoms with E-state index in [0.29, 0.717) is 0 Å². The summed E-state index contributed by atoms with van der Waals surface area (Å²) in [5.41, 5.74) is 4.51. The van der Waals surface area contributed by atoms with E-state index in [4.69, 9.17) is 4.42 Å². The first-order valence-electron chi connectivity index (χ1n) is 6.19. The Morgan fingerprint density at radius 2 is 2.16 bits per heavy atom. The molecule has 4 heterocycles. The van der Waals surface area contributed by atoms with E-state index in [2.05, 4.69) is 27.8 Å². The predicted octanol–water partition coefficient (Wildman–Crippen LogP) is 3.36. The maximum Gasteiger partial charge on any atom is 0.393 e. The lowest BCUT2D eigenvalue weighted by Gasteiger charge is -1.88. The van der Waals surface area contributed by atoms with Gasteiger partial charge in [-0.05, 0) is 18.2 Å². The highest BCUT2D eigenvalue weighted by molar-refractivity contribution is 7.22. The third-order valence-corrected chi connectivity index (χ3v) is 4.92. The van der Waals surface area contributed by atoms with Gasteiger partial charge in [0.2, 0.25) is 0 Å². The number of benzene rings is 1. The Morgan fingerprint density at radius 3 is 3.16 bits per heavy atom. The van der Waals surface area contributed by atoms with Crippen LogP contribution in [0.4, 0.5) is 0 Å². The average Bonchev–Trinajstić information content (AvgIpc) is 3.07. The van der Waals surface area contributed by atoms with Gasteiger partial charge >= 0.3 is 5.71 Å². The predicted molar refractivity (Wildman–Crippen MR) is 74.1 cm³/mol. The number of nitrogens with zero attached hydrogens (tertiary/aromatic N) is 2. The minimum atomic E-state index is 0.859. The molecule has 0 radical (unpaired) electrons. The second kappa shape index (κ2) is 3.22. The van der Waals surface area contributed by atoms with Crippen molar-refractivity contribution in [1.82, 2.24) is 4.98 Å². The van der Waals surface area contributed by atoms with Crippen molar-refractivity contribution in [1.29, 1.82) is 0 Å².